The third-order valence-electron chi connectivity index (χ3n) is 3.82. The highest BCUT2D eigenvalue weighted by Gasteiger charge is 2.40. The Morgan fingerprint density at radius 3 is 3.15 bits per heavy atom. The van der Waals surface area contributed by atoms with E-state index in [-0.39, 0.29) is 24.2 Å². The Morgan fingerprint density at radius 2 is 2.50 bits per heavy atom. The topological polar surface area (TPSA) is 87.6 Å². The van der Waals surface area contributed by atoms with Gasteiger partial charge in [0.05, 0.1) is 25.4 Å². The molecule has 2 N–H and O–H groups in total. The van der Waals surface area contributed by atoms with Crippen molar-refractivity contribution in [2.24, 2.45) is 0 Å². The number of aliphatic hydroxyl groups excluding tert-OH is 1. The van der Waals surface area contributed by atoms with Gasteiger partial charge >= 0.3 is 0 Å². The zero-order valence-electron chi connectivity index (χ0n) is 11.7. The first-order chi connectivity index (χ1) is 9.59. The highest BCUT2D eigenvalue weighted by Crippen LogP contribution is 2.21. The summed E-state index contributed by atoms with van der Waals surface area (Å²) in [6, 6.07) is 3.43. The van der Waals surface area contributed by atoms with E-state index in [9.17, 15) is 9.90 Å². The molecule has 20 heavy (non-hydrogen) atoms. The molecule has 0 unspecified atom stereocenters. The Balaban J connectivity index is 2.02. The molecule has 2 atom stereocenters. The molecule has 1 saturated heterocycles. The maximum absolute atomic E-state index is 12.0. The molecular weight excluding hydrogens is 260 g/mol. The van der Waals surface area contributed by atoms with Crippen molar-refractivity contribution in [2.45, 2.75) is 18.5 Å². The summed E-state index contributed by atoms with van der Waals surface area (Å²) >= 11 is 0. The maximum atomic E-state index is 12.0. The summed E-state index contributed by atoms with van der Waals surface area (Å²) in [5.41, 5.74) is -0.344. The van der Waals surface area contributed by atoms with Gasteiger partial charge in [0.25, 0.3) is 5.91 Å². The van der Waals surface area contributed by atoms with Crippen LogP contribution in [0, 0.1) is 0 Å². The summed E-state index contributed by atoms with van der Waals surface area (Å²) < 4.78 is 5.52. The van der Waals surface area contributed by atoms with Gasteiger partial charge in [0.15, 0.2) is 5.69 Å². The third-order valence-corrected chi connectivity index (χ3v) is 3.82. The highest BCUT2D eigenvalue weighted by molar-refractivity contribution is 5.92. The van der Waals surface area contributed by atoms with Crippen molar-refractivity contribution >= 4 is 5.91 Å². The Labute approximate surface area is 117 Å². The predicted octanol–water partition coefficient (Wildman–Crippen LogP) is -0.712. The molecule has 1 aromatic heterocycles. The van der Waals surface area contributed by atoms with Crippen molar-refractivity contribution in [1.29, 1.82) is 0 Å². The van der Waals surface area contributed by atoms with Crippen LogP contribution in [0.25, 0.3) is 0 Å². The lowest BCUT2D eigenvalue weighted by atomic mass is 9.96. The van der Waals surface area contributed by atoms with E-state index in [1.54, 1.807) is 12.1 Å². The molecule has 1 amide bonds. The highest BCUT2D eigenvalue weighted by atomic mass is 16.5. The number of morpholine rings is 1. The van der Waals surface area contributed by atoms with Gasteiger partial charge in [0, 0.05) is 18.8 Å². The number of aromatic nitrogens is 2. The van der Waals surface area contributed by atoms with Gasteiger partial charge < -0.3 is 15.2 Å². The minimum atomic E-state index is -0.602. The summed E-state index contributed by atoms with van der Waals surface area (Å²) in [6.45, 7) is 3.23. The van der Waals surface area contributed by atoms with Crippen molar-refractivity contribution in [1.82, 2.24) is 20.4 Å². The number of nitrogens with one attached hydrogen (secondary N) is 1. The van der Waals surface area contributed by atoms with Gasteiger partial charge in [-0.05, 0) is 26.1 Å². The smallest absolute Gasteiger partial charge is 0.271 e. The number of aliphatic hydroxyl groups is 1. The molecule has 1 aliphatic rings. The second-order valence-electron chi connectivity index (χ2n) is 5.15. The molecule has 1 fully saturated rings. The number of hydrogen-bond donors (Lipinski definition) is 2. The molecular formula is C13H20N4O3. The lowest BCUT2D eigenvalue weighted by Gasteiger charge is -2.47. The van der Waals surface area contributed by atoms with Crippen LogP contribution in [-0.2, 0) is 4.74 Å². The average Bonchev–Trinajstić information content (AvgIpc) is 2.49. The van der Waals surface area contributed by atoms with E-state index in [0.29, 0.717) is 19.8 Å². The molecule has 7 nitrogen and oxygen atoms in total. The van der Waals surface area contributed by atoms with Gasteiger partial charge in [-0.15, -0.1) is 5.10 Å². The average molecular weight is 280 g/mol. The van der Waals surface area contributed by atoms with Crippen LogP contribution in [0.15, 0.2) is 18.3 Å². The molecule has 1 aromatic rings. The molecule has 0 aromatic carbocycles. The van der Waals surface area contributed by atoms with E-state index in [4.69, 9.17) is 4.74 Å². The predicted molar refractivity (Wildman–Crippen MR) is 72.2 cm³/mol. The van der Waals surface area contributed by atoms with Crippen LogP contribution in [0.1, 0.15) is 17.4 Å². The number of likely N-dealkylation sites (N-methyl/N-ethyl adjacent to an activating group) is 1. The summed E-state index contributed by atoms with van der Waals surface area (Å²) in [5, 5.41) is 19.9. The zero-order valence-corrected chi connectivity index (χ0v) is 11.7. The lowest BCUT2D eigenvalue weighted by Crippen LogP contribution is -2.65. The summed E-state index contributed by atoms with van der Waals surface area (Å²) in [5.74, 6) is -0.308. The van der Waals surface area contributed by atoms with Crippen LogP contribution in [0.3, 0.4) is 0 Å². The van der Waals surface area contributed by atoms with Crippen molar-refractivity contribution in [3.8, 4) is 0 Å². The maximum Gasteiger partial charge on any atom is 0.271 e. The Bertz CT molecular complexity index is 456. The molecule has 2 heterocycles. The zero-order chi connectivity index (χ0) is 14.6. The minimum absolute atomic E-state index is 0.0887. The van der Waals surface area contributed by atoms with Crippen molar-refractivity contribution in [2.75, 3.05) is 33.4 Å². The van der Waals surface area contributed by atoms with E-state index in [0.717, 1.165) is 0 Å². The first kappa shape index (κ1) is 14.8. The molecule has 7 heteroatoms. The number of carbonyl (C=O) groups excluding carboxylic acids is 1. The molecule has 1 aliphatic heterocycles. The monoisotopic (exact) mass is 280 g/mol. The fourth-order valence-corrected chi connectivity index (χ4v) is 2.25. The van der Waals surface area contributed by atoms with E-state index in [2.05, 4.69) is 15.5 Å². The van der Waals surface area contributed by atoms with Crippen LogP contribution in [0.2, 0.25) is 0 Å². The van der Waals surface area contributed by atoms with Gasteiger partial charge in [-0.2, -0.15) is 5.10 Å². The second-order valence-corrected chi connectivity index (χ2v) is 5.15. The first-order valence-corrected chi connectivity index (χ1v) is 6.56. The van der Waals surface area contributed by atoms with Crippen molar-refractivity contribution in [3.05, 3.63) is 24.0 Å². The summed E-state index contributed by atoms with van der Waals surface area (Å²) in [6.07, 6.45) is 1.51. The largest absolute Gasteiger partial charge is 0.394 e. The third kappa shape index (κ3) is 2.95. The van der Waals surface area contributed by atoms with Crippen LogP contribution in [0.5, 0.6) is 0 Å². The number of hydrogen-bond acceptors (Lipinski definition) is 6. The van der Waals surface area contributed by atoms with E-state index >= 15 is 0 Å². The fraction of sp³-hybridized carbons (Fsp3) is 0.615. The number of rotatable bonds is 4. The van der Waals surface area contributed by atoms with Gasteiger partial charge in [-0.3, -0.25) is 9.69 Å². The first-order valence-electron chi connectivity index (χ1n) is 6.56. The Hall–Kier alpha value is -1.57. The summed E-state index contributed by atoms with van der Waals surface area (Å²) in [4.78, 5) is 14.0. The number of nitrogens with zero attached hydrogens (tertiary/aromatic N) is 3. The second kappa shape index (κ2) is 6.25. The number of ether oxygens (including phenoxy) is 1. The van der Waals surface area contributed by atoms with Gasteiger partial charge in [-0.1, -0.05) is 0 Å². The van der Waals surface area contributed by atoms with Gasteiger partial charge in [0.2, 0.25) is 0 Å². The molecule has 110 valence electrons. The molecule has 0 aliphatic carbocycles. The summed E-state index contributed by atoms with van der Waals surface area (Å²) in [7, 11) is 1.93. The normalized spacial score (nSPS) is 27.2. The molecule has 0 radical (unpaired) electrons. The minimum Gasteiger partial charge on any atom is -0.394 e. The van der Waals surface area contributed by atoms with E-state index in [1.807, 2.05) is 18.9 Å². The van der Waals surface area contributed by atoms with Crippen LogP contribution >= 0.6 is 0 Å². The van der Waals surface area contributed by atoms with Crippen molar-refractivity contribution in [3.63, 3.8) is 0 Å². The quantitative estimate of drug-likeness (QED) is 0.757. The van der Waals surface area contributed by atoms with E-state index < -0.39 is 5.54 Å². The van der Waals surface area contributed by atoms with E-state index in [1.165, 1.54) is 6.20 Å². The molecule has 2 rings (SSSR count). The van der Waals surface area contributed by atoms with Crippen LogP contribution < -0.4 is 5.32 Å². The van der Waals surface area contributed by atoms with Gasteiger partial charge in [-0.25, -0.2) is 0 Å². The standard InChI is InChI=1S/C13H20N4O3/c1-10-6-20-9-13(8-18,17(10)2)7-14-12(19)11-4-3-5-15-16-11/h3-5,10,18H,6-9H2,1-2H3,(H,14,19)/t10-,13+/m1/s1. The van der Waals surface area contributed by atoms with Crippen LogP contribution in [0.4, 0.5) is 0 Å². The molecule has 0 spiro atoms. The Kier molecular flexibility index (Phi) is 4.64. The SMILES string of the molecule is C[C@@H]1COC[C@@](CO)(CNC(=O)c2cccnn2)N1C. The Morgan fingerprint density at radius 1 is 1.70 bits per heavy atom. The number of carbonyl (C=O) groups is 1. The van der Waals surface area contributed by atoms with Crippen LogP contribution in [-0.4, -0.2) is 71.1 Å². The molecule has 0 saturated carbocycles. The lowest BCUT2D eigenvalue weighted by molar-refractivity contribution is -0.105. The molecule has 0 bridgehead atoms. The van der Waals surface area contributed by atoms with Gasteiger partial charge in [0.1, 0.15) is 0 Å². The van der Waals surface area contributed by atoms with Crippen molar-refractivity contribution < 1.29 is 14.6 Å². The number of amides is 1. The fourth-order valence-electron chi connectivity index (χ4n) is 2.25.